The fourth-order valence-electron chi connectivity index (χ4n) is 2.89. The Labute approximate surface area is 117 Å². The topological polar surface area (TPSA) is 51.2 Å². The van der Waals surface area contributed by atoms with E-state index >= 15 is 0 Å². The first-order valence-electron chi connectivity index (χ1n) is 7.11. The van der Waals surface area contributed by atoms with Crippen LogP contribution in [0.4, 0.5) is 0 Å². The van der Waals surface area contributed by atoms with E-state index < -0.39 is 0 Å². The van der Waals surface area contributed by atoms with E-state index in [1.54, 1.807) is 11.3 Å². The molecule has 1 aromatic heterocycles. The molecule has 0 saturated carbocycles. The summed E-state index contributed by atoms with van der Waals surface area (Å²) in [5, 5.41) is 3.75. The molecule has 4 nitrogen and oxygen atoms in total. The van der Waals surface area contributed by atoms with Gasteiger partial charge in [0.1, 0.15) is 0 Å². The predicted octanol–water partition coefficient (Wildman–Crippen LogP) is 2.18. The van der Waals surface area contributed by atoms with Crippen molar-refractivity contribution in [1.82, 2.24) is 10.3 Å². The van der Waals surface area contributed by atoms with Gasteiger partial charge in [-0.3, -0.25) is 4.79 Å². The summed E-state index contributed by atoms with van der Waals surface area (Å²) in [4.78, 5) is 18.0. The number of fused-ring (bicyclic) bond motifs is 1. The number of hydrogen-bond acceptors (Lipinski definition) is 4. The SMILES string of the molecule is CC(NC(=O)c1nc2c(s1)CCC2)C1CCOCC1. The number of ether oxygens (including phenoxy) is 1. The van der Waals surface area contributed by atoms with E-state index in [-0.39, 0.29) is 11.9 Å². The smallest absolute Gasteiger partial charge is 0.280 e. The molecule has 0 radical (unpaired) electrons. The molecule has 0 aromatic carbocycles. The molecule has 1 aliphatic heterocycles. The van der Waals surface area contributed by atoms with Crippen molar-refractivity contribution in [1.29, 1.82) is 0 Å². The molecule has 1 aromatic rings. The van der Waals surface area contributed by atoms with Crippen LogP contribution in [0.25, 0.3) is 0 Å². The molecule has 1 fully saturated rings. The Hall–Kier alpha value is -0.940. The normalized spacial score (nSPS) is 21.1. The first-order valence-corrected chi connectivity index (χ1v) is 7.93. The van der Waals surface area contributed by atoms with Crippen molar-refractivity contribution in [2.45, 2.75) is 45.1 Å². The summed E-state index contributed by atoms with van der Waals surface area (Å²) >= 11 is 1.57. The fourth-order valence-corrected chi connectivity index (χ4v) is 3.94. The maximum absolute atomic E-state index is 12.2. The lowest BCUT2D eigenvalue weighted by Gasteiger charge is -2.28. The molecular weight excluding hydrogens is 260 g/mol. The molecule has 5 heteroatoms. The van der Waals surface area contributed by atoms with Gasteiger partial charge in [0.2, 0.25) is 0 Å². The van der Waals surface area contributed by atoms with Gasteiger partial charge in [0.25, 0.3) is 5.91 Å². The van der Waals surface area contributed by atoms with Gasteiger partial charge in [-0.05, 0) is 44.9 Å². The summed E-state index contributed by atoms with van der Waals surface area (Å²) in [6.45, 7) is 3.72. The molecule has 1 unspecified atom stereocenters. The van der Waals surface area contributed by atoms with Crippen LogP contribution in [0.1, 0.15) is 46.6 Å². The summed E-state index contributed by atoms with van der Waals surface area (Å²) in [5.74, 6) is 0.530. The summed E-state index contributed by atoms with van der Waals surface area (Å²) in [7, 11) is 0. The fraction of sp³-hybridized carbons (Fsp3) is 0.714. The molecule has 0 bridgehead atoms. The molecule has 3 rings (SSSR count). The van der Waals surface area contributed by atoms with E-state index in [1.165, 1.54) is 11.3 Å². The number of amides is 1. The number of nitrogens with one attached hydrogen (secondary N) is 1. The standard InChI is InChI=1S/C14H20N2O2S/c1-9(10-5-7-18-8-6-10)15-13(17)14-16-11-3-2-4-12(11)19-14/h9-10H,2-8H2,1H3,(H,15,17). The lowest BCUT2D eigenvalue weighted by Crippen LogP contribution is -2.40. The quantitative estimate of drug-likeness (QED) is 0.923. The number of aromatic nitrogens is 1. The zero-order chi connectivity index (χ0) is 13.2. The van der Waals surface area contributed by atoms with E-state index in [0.29, 0.717) is 10.9 Å². The molecule has 1 amide bonds. The predicted molar refractivity (Wildman–Crippen MR) is 74.6 cm³/mol. The van der Waals surface area contributed by atoms with Gasteiger partial charge in [0.15, 0.2) is 5.01 Å². The number of carbonyl (C=O) groups is 1. The zero-order valence-corrected chi connectivity index (χ0v) is 12.1. The first-order chi connectivity index (χ1) is 9.24. The first kappa shape index (κ1) is 13.1. The van der Waals surface area contributed by atoms with Crippen molar-refractivity contribution >= 4 is 17.2 Å². The van der Waals surface area contributed by atoms with Gasteiger partial charge < -0.3 is 10.1 Å². The summed E-state index contributed by atoms with van der Waals surface area (Å²) in [6, 6.07) is 0.204. The third-order valence-electron chi connectivity index (χ3n) is 4.12. The molecule has 1 N–H and O–H groups in total. The number of carbonyl (C=O) groups excluding carboxylic acids is 1. The largest absolute Gasteiger partial charge is 0.381 e. The second-order valence-electron chi connectivity index (χ2n) is 5.45. The van der Waals surface area contributed by atoms with Crippen molar-refractivity contribution < 1.29 is 9.53 Å². The van der Waals surface area contributed by atoms with Gasteiger partial charge in [0.05, 0.1) is 5.69 Å². The molecule has 104 valence electrons. The lowest BCUT2D eigenvalue weighted by atomic mass is 9.93. The lowest BCUT2D eigenvalue weighted by molar-refractivity contribution is 0.0538. The van der Waals surface area contributed by atoms with Crippen molar-refractivity contribution in [2.24, 2.45) is 5.92 Å². The Morgan fingerprint density at radius 2 is 2.21 bits per heavy atom. The number of hydrogen-bond donors (Lipinski definition) is 1. The molecule has 1 atom stereocenters. The van der Waals surface area contributed by atoms with Gasteiger partial charge in [-0.2, -0.15) is 0 Å². The highest BCUT2D eigenvalue weighted by Crippen LogP contribution is 2.27. The van der Waals surface area contributed by atoms with E-state index in [4.69, 9.17) is 4.74 Å². The van der Waals surface area contributed by atoms with Crippen LogP contribution in [0.3, 0.4) is 0 Å². The highest BCUT2D eigenvalue weighted by Gasteiger charge is 2.25. The van der Waals surface area contributed by atoms with Gasteiger partial charge >= 0.3 is 0 Å². The number of aryl methyl sites for hydroxylation is 2. The monoisotopic (exact) mass is 280 g/mol. The van der Waals surface area contributed by atoms with Gasteiger partial charge in [-0.1, -0.05) is 0 Å². The van der Waals surface area contributed by atoms with E-state index in [2.05, 4.69) is 17.2 Å². The second-order valence-corrected chi connectivity index (χ2v) is 6.54. The highest BCUT2D eigenvalue weighted by atomic mass is 32.1. The maximum Gasteiger partial charge on any atom is 0.280 e. The van der Waals surface area contributed by atoms with Gasteiger partial charge in [-0.15, -0.1) is 11.3 Å². The third kappa shape index (κ3) is 2.82. The average molecular weight is 280 g/mol. The average Bonchev–Trinajstić information content (AvgIpc) is 3.00. The van der Waals surface area contributed by atoms with Crippen LogP contribution in [-0.4, -0.2) is 30.1 Å². The van der Waals surface area contributed by atoms with Crippen LogP contribution >= 0.6 is 11.3 Å². The minimum atomic E-state index is -0.00149. The van der Waals surface area contributed by atoms with Crippen LogP contribution < -0.4 is 5.32 Å². The molecule has 1 aliphatic carbocycles. The zero-order valence-electron chi connectivity index (χ0n) is 11.3. The van der Waals surface area contributed by atoms with Crippen LogP contribution in [0.2, 0.25) is 0 Å². The van der Waals surface area contributed by atoms with Gasteiger partial charge in [0, 0.05) is 24.1 Å². The molecule has 1 saturated heterocycles. The summed E-state index contributed by atoms with van der Waals surface area (Å²) in [5.41, 5.74) is 1.15. The van der Waals surface area contributed by atoms with Crippen molar-refractivity contribution in [2.75, 3.05) is 13.2 Å². The second kappa shape index (κ2) is 5.59. The Kier molecular flexibility index (Phi) is 3.84. The molecular formula is C14H20N2O2S. The van der Waals surface area contributed by atoms with Gasteiger partial charge in [-0.25, -0.2) is 4.98 Å². The molecule has 2 aliphatic rings. The van der Waals surface area contributed by atoms with E-state index in [1.807, 2.05) is 0 Å². The Balaban J connectivity index is 1.60. The van der Waals surface area contributed by atoms with Crippen molar-refractivity contribution in [3.8, 4) is 0 Å². The Morgan fingerprint density at radius 3 is 2.95 bits per heavy atom. The summed E-state index contributed by atoms with van der Waals surface area (Å²) in [6.07, 6.45) is 5.39. The minimum absolute atomic E-state index is 0.00149. The number of nitrogens with zero attached hydrogens (tertiary/aromatic N) is 1. The van der Waals surface area contributed by atoms with Crippen LogP contribution in [0.5, 0.6) is 0 Å². The molecule has 2 heterocycles. The van der Waals surface area contributed by atoms with Crippen LogP contribution in [-0.2, 0) is 17.6 Å². The van der Waals surface area contributed by atoms with Crippen molar-refractivity contribution in [3.05, 3.63) is 15.6 Å². The minimum Gasteiger partial charge on any atom is -0.381 e. The number of thiazole rings is 1. The molecule has 0 spiro atoms. The Bertz CT molecular complexity index is 445. The van der Waals surface area contributed by atoms with E-state index in [0.717, 1.165) is 44.6 Å². The Morgan fingerprint density at radius 1 is 1.42 bits per heavy atom. The van der Waals surface area contributed by atoms with Crippen LogP contribution in [0.15, 0.2) is 0 Å². The third-order valence-corrected chi connectivity index (χ3v) is 5.28. The van der Waals surface area contributed by atoms with Crippen LogP contribution in [0, 0.1) is 5.92 Å². The van der Waals surface area contributed by atoms with Crippen molar-refractivity contribution in [3.63, 3.8) is 0 Å². The summed E-state index contributed by atoms with van der Waals surface area (Å²) < 4.78 is 5.36. The number of rotatable bonds is 3. The maximum atomic E-state index is 12.2. The molecule has 19 heavy (non-hydrogen) atoms. The highest BCUT2D eigenvalue weighted by molar-refractivity contribution is 7.13. The van der Waals surface area contributed by atoms with E-state index in [9.17, 15) is 4.79 Å².